The molecule has 3 aromatic rings. The number of pyridine rings is 3. The molecule has 80 heavy (non-hydrogen) atoms. The first kappa shape index (κ1) is 74.8. The minimum atomic E-state index is -5.58. The van der Waals surface area contributed by atoms with Crippen molar-refractivity contribution in [2.75, 3.05) is 19.7 Å². The molecule has 0 bridgehead atoms. The lowest BCUT2D eigenvalue weighted by molar-refractivity contribution is -0.703. The Hall–Kier alpha value is -3.19. The average Bonchev–Trinajstić information content (AvgIpc) is 4.10. The second-order valence-corrected chi connectivity index (χ2v) is 31.8. The first-order valence-corrected chi connectivity index (χ1v) is 32.8. The number of ether oxygens (including phenoxy) is 3. The Kier molecular flexibility index (Phi) is 27.6. The molecule has 3 atom stereocenters. The minimum absolute atomic E-state index is 0.00781. The van der Waals surface area contributed by atoms with Gasteiger partial charge in [-0.3, -0.25) is 37.2 Å². The van der Waals surface area contributed by atoms with Gasteiger partial charge in [0, 0.05) is 67.9 Å². The van der Waals surface area contributed by atoms with E-state index in [1.807, 2.05) is 20.8 Å². The van der Waals surface area contributed by atoms with E-state index in [9.17, 15) is 82.1 Å². The molecule has 1 aliphatic heterocycles. The van der Waals surface area contributed by atoms with Crippen LogP contribution in [0, 0.1) is 0 Å². The first-order chi connectivity index (χ1) is 35.9. The van der Waals surface area contributed by atoms with Gasteiger partial charge in [0.1, 0.15) is 23.4 Å². The predicted molar refractivity (Wildman–Crippen MR) is 276 cm³/mol. The minimum Gasteiger partial charge on any atom is -0.460 e. The van der Waals surface area contributed by atoms with E-state index in [0.29, 0.717) is 12.5 Å². The number of aliphatic hydroxyl groups is 5. The van der Waals surface area contributed by atoms with Crippen LogP contribution in [0.3, 0.4) is 0 Å². The highest BCUT2D eigenvalue weighted by atomic mass is 31.3. The van der Waals surface area contributed by atoms with Gasteiger partial charge in [-0.2, -0.15) is 0 Å². The van der Waals surface area contributed by atoms with Gasteiger partial charge in [-0.1, -0.05) is 6.07 Å². The third-order valence-electron chi connectivity index (χ3n) is 10.2. The fraction of sp³-hybridized carbons (Fsp3) is 0.585. The molecule has 0 aliphatic carbocycles. The van der Waals surface area contributed by atoms with Crippen LogP contribution in [0.25, 0.3) is 0 Å². The average molecular weight is 1270 g/mol. The number of alkyl carbamates (subject to hydrolysis) is 1. The number of esters is 1. The van der Waals surface area contributed by atoms with Crippen molar-refractivity contribution in [1.82, 2.24) is 10.3 Å². The van der Waals surface area contributed by atoms with Crippen molar-refractivity contribution >= 4 is 57.6 Å². The van der Waals surface area contributed by atoms with E-state index in [1.165, 1.54) is 76.5 Å². The van der Waals surface area contributed by atoms with Gasteiger partial charge in [-0.15, -0.1) is 0 Å². The number of carbonyl (C=O) groups is 2. The third-order valence-corrected chi connectivity index (χ3v) is 21.4. The summed E-state index contributed by atoms with van der Waals surface area (Å²) in [5, 5.41) is 40.8. The number of hydrogen-bond donors (Lipinski definition) is 19. The molecule has 4 heterocycles. The highest BCUT2D eigenvalue weighted by molar-refractivity contribution is 7.73. The molecule has 0 saturated carbocycles. The zero-order chi connectivity index (χ0) is 62.4. The van der Waals surface area contributed by atoms with Crippen LogP contribution in [0.1, 0.15) is 71.1 Å². The van der Waals surface area contributed by atoms with E-state index in [0.717, 1.165) is 19.2 Å². The van der Waals surface area contributed by atoms with Crippen LogP contribution in [0.5, 0.6) is 0 Å². The van der Waals surface area contributed by atoms with E-state index in [2.05, 4.69) is 10.3 Å². The molecule has 458 valence electrons. The summed E-state index contributed by atoms with van der Waals surface area (Å²) in [5.41, 5.74) is 4.38. The lowest BCUT2D eigenvalue weighted by Crippen LogP contribution is -2.45. The number of nitrogens with zero attached hydrogens (tertiary/aromatic N) is 3. The van der Waals surface area contributed by atoms with Crippen LogP contribution in [0.4, 0.5) is 4.79 Å². The maximum Gasteiger partial charge on any atom is 0.407 e. The summed E-state index contributed by atoms with van der Waals surface area (Å²) in [4.78, 5) is 135. The number of aliphatic hydroxyl groups excluding tert-OH is 2. The molecule has 20 N–H and O–H groups in total. The fourth-order valence-corrected chi connectivity index (χ4v) is 12.5. The Morgan fingerprint density at radius 3 is 1.32 bits per heavy atom. The summed E-state index contributed by atoms with van der Waals surface area (Å²) in [6, 6.07) is 8.24. The van der Waals surface area contributed by atoms with Crippen LogP contribution in [-0.4, -0.2) is 166 Å². The van der Waals surface area contributed by atoms with Gasteiger partial charge in [0.05, 0.1) is 19.3 Å². The van der Waals surface area contributed by atoms with Gasteiger partial charge in [0.2, 0.25) is 0 Å². The Morgan fingerprint density at radius 2 is 1.00 bits per heavy atom. The highest BCUT2D eigenvalue weighted by Crippen LogP contribution is 2.70. The number of amides is 1. The second-order valence-electron chi connectivity index (χ2n) is 19.8. The van der Waals surface area contributed by atoms with Crippen molar-refractivity contribution in [2.24, 2.45) is 5.73 Å². The Morgan fingerprint density at radius 1 is 0.637 bits per heavy atom. The van der Waals surface area contributed by atoms with Crippen LogP contribution in [-0.2, 0) is 78.7 Å². The van der Waals surface area contributed by atoms with Gasteiger partial charge >= 0.3 is 57.6 Å². The molecular weight excluding hydrogens is 1200 g/mol. The number of aromatic nitrogens is 3. The van der Waals surface area contributed by atoms with E-state index in [4.69, 9.17) is 59.1 Å². The van der Waals surface area contributed by atoms with E-state index < -0.39 is 104 Å². The van der Waals surface area contributed by atoms with Crippen molar-refractivity contribution in [3.8, 4) is 0 Å². The summed E-state index contributed by atoms with van der Waals surface area (Å²) in [7, 11) is -33.0. The standard InChI is InChI=1S/C15H26N2O10P2.C10H18N2O8P2.C9H16O3.C7H11NO7P2/c1-14(2,3)27-13(19)16-8-12(18)10-17-6-4-5-11(9-17)7-15(20,28(21,22)23)29(24,25)26;11-5-9(13)7-12-3-1-2-8(6-12)4-10(14,21(15,16)17)22(18,19)20;1-9(2,3)12-8(10)5-4-7-6-11-7;9-7(16(10,11)12,17(13,14)15)4-6-2-1-3-8-5-6/h4-6,9,12,18,20H,7-8,10H2,1-3H3,(H4-,16,19,21,22,23,24,25,26);1-3,6,9,13-14H,4-5,7,11H2,(H3-,15,16,17,18,19,20);7H,4-6H2,1-3H3;1-3,5,9H,4H2,(H2,10,11,12)(H2,13,14,15)/p+2. The first-order valence-electron chi connectivity index (χ1n) is 23.1. The summed E-state index contributed by atoms with van der Waals surface area (Å²) in [6.45, 7) is 11.3. The molecule has 0 spiro atoms. The summed E-state index contributed by atoms with van der Waals surface area (Å²) >= 11 is 0. The van der Waals surface area contributed by atoms with Crippen molar-refractivity contribution < 1.29 is 145 Å². The zero-order valence-corrected chi connectivity index (χ0v) is 49.3. The van der Waals surface area contributed by atoms with Crippen molar-refractivity contribution in [1.29, 1.82) is 0 Å². The highest BCUT2D eigenvalue weighted by Gasteiger charge is 2.61. The number of carbonyl (C=O) groups excluding carboxylic acids is 2. The molecular formula is C41H73N5O28P6+2. The van der Waals surface area contributed by atoms with Crippen LogP contribution in [0.15, 0.2) is 73.6 Å². The number of rotatable bonds is 22. The van der Waals surface area contributed by atoms with Crippen molar-refractivity contribution in [3.05, 3.63) is 90.3 Å². The summed E-state index contributed by atoms with van der Waals surface area (Å²) in [5.74, 6) is -0.127. The quantitative estimate of drug-likeness (QED) is 0.0232. The molecule has 0 radical (unpaired) electrons. The van der Waals surface area contributed by atoms with Crippen molar-refractivity contribution in [2.45, 2.75) is 131 Å². The van der Waals surface area contributed by atoms with Gasteiger partial charge in [-0.25, -0.2) is 13.9 Å². The van der Waals surface area contributed by atoms with Gasteiger partial charge in [-0.05, 0) is 71.7 Å². The van der Waals surface area contributed by atoms with Crippen molar-refractivity contribution in [3.63, 3.8) is 0 Å². The number of hydrogen-bond acceptors (Lipinski definition) is 18. The molecule has 1 fully saturated rings. The molecule has 1 saturated heterocycles. The smallest absolute Gasteiger partial charge is 0.407 e. The zero-order valence-electron chi connectivity index (χ0n) is 43.9. The maximum absolute atomic E-state index is 11.6. The molecule has 0 aromatic carbocycles. The SMILES string of the molecule is CC(C)(C)OC(=O)CCC1CO1.CC(C)(C)OC(=O)NCC(O)C[n+]1cccc(CC(O)(P(=O)(O)O)P(=O)(O)O)c1.NCC(O)C[n+]1cccc(CC(O)(P(=O)(O)O)P(=O)(O)O)c1.O=P(O)(O)C(O)(Cc1cccnc1)P(=O)(O)O. The predicted octanol–water partition coefficient (Wildman–Crippen LogP) is -1.63. The van der Waals surface area contributed by atoms with E-state index in [-0.39, 0.29) is 54.4 Å². The molecule has 39 heteroatoms. The van der Waals surface area contributed by atoms with Gasteiger partial charge in [0.15, 0.2) is 37.9 Å². The summed E-state index contributed by atoms with van der Waals surface area (Å²) in [6.07, 6.45) is 4.16. The number of epoxide rings is 1. The summed E-state index contributed by atoms with van der Waals surface area (Å²) < 4.78 is 85.5. The van der Waals surface area contributed by atoms with Crippen LogP contribution in [0.2, 0.25) is 0 Å². The molecule has 3 unspecified atom stereocenters. The lowest BCUT2D eigenvalue weighted by atomic mass is 10.2. The molecule has 3 aromatic heterocycles. The maximum atomic E-state index is 11.6. The molecule has 4 rings (SSSR count). The topological polar surface area (TPSA) is 570 Å². The monoisotopic (exact) mass is 1270 g/mol. The Labute approximate surface area is 458 Å². The third kappa shape index (κ3) is 25.3. The molecule has 1 amide bonds. The number of nitrogens with two attached hydrogens (primary N) is 1. The largest absolute Gasteiger partial charge is 0.460 e. The van der Waals surface area contributed by atoms with E-state index >= 15 is 0 Å². The molecule has 1 aliphatic rings. The van der Waals surface area contributed by atoms with Crippen LogP contribution < -0.4 is 20.2 Å². The number of nitrogens with one attached hydrogen (secondary N) is 1. The Balaban J connectivity index is 0.000000558. The van der Waals surface area contributed by atoms with Crippen LogP contribution >= 0.6 is 45.6 Å². The van der Waals surface area contributed by atoms with Gasteiger partial charge < -0.3 is 110 Å². The Bertz CT molecular complexity index is 2720. The van der Waals surface area contributed by atoms with Gasteiger partial charge in [0.25, 0.3) is 15.2 Å². The molecule has 33 nitrogen and oxygen atoms in total. The second kappa shape index (κ2) is 29.6. The van der Waals surface area contributed by atoms with E-state index in [1.54, 1.807) is 20.8 Å². The lowest BCUT2D eigenvalue weighted by Gasteiger charge is -2.29. The normalized spacial score (nSPS) is 15.5. The fourth-order valence-electron chi connectivity index (χ4n) is 6.09.